The van der Waals surface area contributed by atoms with E-state index in [-0.39, 0.29) is 18.1 Å². The van der Waals surface area contributed by atoms with E-state index in [9.17, 15) is 4.79 Å². The molecule has 0 radical (unpaired) electrons. The van der Waals surface area contributed by atoms with Crippen LogP contribution < -0.4 is 11.1 Å². The van der Waals surface area contributed by atoms with Crippen LogP contribution in [-0.2, 0) is 11.3 Å². The van der Waals surface area contributed by atoms with E-state index in [1.165, 1.54) is 0 Å². The zero-order chi connectivity index (χ0) is 13.0. The van der Waals surface area contributed by atoms with Crippen LogP contribution in [0.1, 0.15) is 30.3 Å². The molecule has 2 atom stereocenters. The Kier molecular flexibility index (Phi) is 4.33. The lowest BCUT2D eigenvalue weighted by Crippen LogP contribution is -2.41. The molecule has 1 aromatic rings. The molecule has 18 heavy (non-hydrogen) atoms. The van der Waals surface area contributed by atoms with Crippen LogP contribution in [0.4, 0.5) is 0 Å². The highest BCUT2D eigenvalue weighted by molar-refractivity contribution is 5.92. The maximum Gasteiger partial charge on any atom is 0.271 e. The number of hydrogen-bond acceptors (Lipinski definition) is 4. The lowest BCUT2D eigenvalue weighted by molar-refractivity contribution is 0.0136. The summed E-state index contributed by atoms with van der Waals surface area (Å²) in [6.45, 7) is 3.94. The summed E-state index contributed by atoms with van der Waals surface area (Å²) in [7, 11) is 0. The molecule has 100 valence electrons. The summed E-state index contributed by atoms with van der Waals surface area (Å²) >= 11 is 0. The Hall–Kier alpha value is -1.40. The average Bonchev–Trinajstić information content (AvgIpc) is 2.78. The molecule has 1 amide bonds. The van der Waals surface area contributed by atoms with Crippen molar-refractivity contribution in [1.29, 1.82) is 0 Å². The third kappa shape index (κ3) is 3.30. The summed E-state index contributed by atoms with van der Waals surface area (Å²) in [4.78, 5) is 16.1. The molecular weight excluding hydrogens is 232 g/mol. The van der Waals surface area contributed by atoms with E-state index in [2.05, 4.69) is 10.3 Å². The quantitative estimate of drug-likeness (QED) is 0.798. The number of nitrogens with one attached hydrogen (secondary N) is 1. The number of imidazole rings is 1. The lowest BCUT2D eigenvalue weighted by atomic mass is 10.0. The first-order chi connectivity index (χ1) is 8.69. The van der Waals surface area contributed by atoms with Crippen LogP contribution in [-0.4, -0.2) is 40.8 Å². The van der Waals surface area contributed by atoms with E-state index in [1.54, 1.807) is 12.5 Å². The van der Waals surface area contributed by atoms with Gasteiger partial charge >= 0.3 is 0 Å². The molecule has 2 heterocycles. The van der Waals surface area contributed by atoms with Crippen LogP contribution in [0.3, 0.4) is 0 Å². The molecule has 2 unspecified atom stereocenters. The highest BCUT2D eigenvalue weighted by Gasteiger charge is 2.22. The van der Waals surface area contributed by atoms with Gasteiger partial charge in [0.05, 0.1) is 12.4 Å². The molecule has 1 aliphatic heterocycles. The zero-order valence-electron chi connectivity index (χ0n) is 10.6. The number of aromatic nitrogens is 2. The van der Waals surface area contributed by atoms with E-state index < -0.39 is 0 Å². The standard InChI is InChI=1S/C12H20N4O2/c1-9-6-10(2-5-18-9)15-12(17)11-7-16(4-3-13)8-14-11/h7-10H,2-6,13H2,1H3,(H,15,17). The number of ether oxygens (including phenoxy) is 1. The van der Waals surface area contributed by atoms with Crippen LogP contribution in [0.25, 0.3) is 0 Å². The molecule has 0 bridgehead atoms. The van der Waals surface area contributed by atoms with Crippen molar-refractivity contribution in [3.63, 3.8) is 0 Å². The Morgan fingerprint density at radius 3 is 3.28 bits per heavy atom. The third-order valence-corrected chi connectivity index (χ3v) is 3.07. The van der Waals surface area contributed by atoms with Crippen LogP contribution in [0.5, 0.6) is 0 Å². The summed E-state index contributed by atoms with van der Waals surface area (Å²) in [5, 5.41) is 2.99. The van der Waals surface area contributed by atoms with Crippen molar-refractivity contribution in [3.05, 3.63) is 18.2 Å². The molecule has 2 rings (SSSR count). The second kappa shape index (κ2) is 5.97. The Balaban J connectivity index is 1.90. The molecule has 1 aliphatic rings. The Morgan fingerprint density at radius 2 is 2.56 bits per heavy atom. The molecular formula is C12H20N4O2. The van der Waals surface area contributed by atoms with Gasteiger partial charge in [-0.15, -0.1) is 0 Å². The van der Waals surface area contributed by atoms with E-state index in [4.69, 9.17) is 10.5 Å². The minimum absolute atomic E-state index is 0.120. The van der Waals surface area contributed by atoms with Gasteiger partial charge in [-0.3, -0.25) is 4.79 Å². The number of amides is 1. The molecule has 6 nitrogen and oxygen atoms in total. The first-order valence-electron chi connectivity index (χ1n) is 6.33. The second-order valence-corrected chi connectivity index (χ2v) is 4.66. The van der Waals surface area contributed by atoms with Gasteiger partial charge in [0.15, 0.2) is 0 Å². The maximum atomic E-state index is 12.0. The summed E-state index contributed by atoms with van der Waals surface area (Å²) in [5.41, 5.74) is 5.89. The van der Waals surface area contributed by atoms with Crippen molar-refractivity contribution in [1.82, 2.24) is 14.9 Å². The molecule has 0 saturated carbocycles. The van der Waals surface area contributed by atoms with Crippen LogP contribution in [0.2, 0.25) is 0 Å². The number of carbonyl (C=O) groups is 1. The van der Waals surface area contributed by atoms with Gasteiger partial charge in [0.2, 0.25) is 0 Å². The molecule has 3 N–H and O–H groups in total. The Morgan fingerprint density at radius 1 is 1.72 bits per heavy atom. The van der Waals surface area contributed by atoms with Gasteiger partial charge in [0.1, 0.15) is 5.69 Å². The van der Waals surface area contributed by atoms with Gasteiger partial charge in [0.25, 0.3) is 5.91 Å². The van der Waals surface area contributed by atoms with Crippen molar-refractivity contribution in [3.8, 4) is 0 Å². The predicted molar refractivity (Wildman–Crippen MR) is 67.2 cm³/mol. The molecule has 1 aromatic heterocycles. The highest BCUT2D eigenvalue weighted by Crippen LogP contribution is 2.13. The largest absolute Gasteiger partial charge is 0.378 e. The Bertz CT molecular complexity index is 405. The van der Waals surface area contributed by atoms with Gasteiger partial charge < -0.3 is 20.4 Å². The van der Waals surface area contributed by atoms with Crippen molar-refractivity contribution >= 4 is 5.91 Å². The van der Waals surface area contributed by atoms with E-state index in [0.717, 1.165) is 12.8 Å². The van der Waals surface area contributed by atoms with Crippen molar-refractivity contribution in [2.45, 2.75) is 38.5 Å². The topological polar surface area (TPSA) is 82.2 Å². The average molecular weight is 252 g/mol. The molecule has 0 spiro atoms. The van der Waals surface area contributed by atoms with Crippen LogP contribution >= 0.6 is 0 Å². The maximum absolute atomic E-state index is 12.0. The molecule has 6 heteroatoms. The SMILES string of the molecule is CC1CC(NC(=O)c2cn(CCN)cn2)CCO1. The fraction of sp³-hybridized carbons (Fsp3) is 0.667. The Labute approximate surface area is 107 Å². The first kappa shape index (κ1) is 13.0. The monoisotopic (exact) mass is 252 g/mol. The van der Waals surface area contributed by atoms with Crippen LogP contribution in [0.15, 0.2) is 12.5 Å². The zero-order valence-corrected chi connectivity index (χ0v) is 10.6. The molecule has 0 aliphatic carbocycles. The summed E-state index contributed by atoms with van der Waals surface area (Å²) in [6, 6.07) is 0.181. The predicted octanol–water partition coefficient (Wildman–Crippen LogP) is 0.139. The first-order valence-corrected chi connectivity index (χ1v) is 6.33. The van der Waals surface area contributed by atoms with E-state index in [1.807, 2.05) is 11.5 Å². The normalized spacial score (nSPS) is 23.9. The minimum atomic E-state index is -0.120. The number of rotatable bonds is 4. The van der Waals surface area contributed by atoms with Crippen molar-refractivity contribution in [2.24, 2.45) is 5.73 Å². The number of nitrogens with two attached hydrogens (primary N) is 1. The van der Waals surface area contributed by atoms with E-state index >= 15 is 0 Å². The molecule has 0 aromatic carbocycles. The second-order valence-electron chi connectivity index (χ2n) is 4.66. The fourth-order valence-corrected chi connectivity index (χ4v) is 2.14. The van der Waals surface area contributed by atoms with Crippen LogP contribution in [0, 0.1) is 0 Å². The van der Waals surface area contributed by atoms with Crippen molar-refractivity contribution in [2.75, 3.05) is 13.2 Å². The van der Waals surface area contributed by atoms with E-state index in [0.29, 0.717) is 25.4 Å². The summed E-state index contributed by atoms with van der Waals surface area (Å²) < 4.78 is 7.27. The number of hydrogen-bond donors (Lipinski definition) is 2. The van der Waals surface area contributed by atoms with Gasteiger partial charge in [-0.1, -0.05) is 0 Å². The summed E-state index contributed by atoms with van der Waals surface area (Å²) in [5.74, 6) is -0.120. The summed E-state index contributed by atoms with van der Waals surface area (Å²) in [6.07, 6.45) is 5.28. The van der Waals surface area contributed by atoms with Gasteiger partial charge in [-0.2, -0.15) is 0 Å². The lowest BCUT2D eigenvalue weighted by Gasteiger charge is -2.27. The highest BCUT2D eigenvalue weighted by atomic mass is 16.5. The minimum Gasteiger partial charge on any atom is -0.378 e. The van der Waals surface area contributed by atoms with Crippen molar-refractivity contribution < 1.29 is 9.53 Å². The van der Waals surface area contributed by atoms with Gasteiger partial charge in [-0.25, -0.2) is 4.98 Å². The third-order valence-electron chi connectivity index (χ3n) is 3.07. The van der Waals surface area contributed by atoms with Gasteiger partial charge in [-0.05, 0) is 19.8 Å². The smallest absolute Gasteiger partial charge is 0.271 e. The fourth-order valence-electron chi connectivity index (χ4n) is 2.14. The number of nitrogens with zero attached hydrogens (tertiary/aromatic N) is 2. The molecule has 1 saturated heterocycles. The number of carbonyl (C=O) groups excluding carboxylic acids is 1. The molecule has 1 fully saturated rings. The van der Waals surface area contributed by atoms with Gasteiger partial charge in [0, 0.05) is 31.9 Å².